The van der Waals surface area contributed by atoms with E-state index in [2.05, 4.69) is 22.3 Å². The van der Waals surface area contributed by atoms with Crippen molar-refractivity contribution in [3.63, 3.8) is 0 Å². The molecule has 7 heteroatoms. The van der Waals surface area contributed by atoms with Crippen LogP contribution in [0.5, 0.6) is 5.75 Å². The first-order valence-corrected chi connectivity index (χ1v) is 9.47. The fourth-order valence-corrected chi connectivity index (χ4v) is 4.06. The summed E-state index contributed by atoms with van der Waals surface area (Å²) in [5.74, 6) is 2.52. The largest absolute Gasteiger partial charge is 0.496 e. The van der Waals surface area contributed by atoms with Crippen LogP contribution in [0, 0.1) is 0 Å². The number of ether oxygens (including phenoxy) is 1. The number of nitrogens with zero attached hydrogens (tertiary/aromatic N) is 3. The maximum absolute atomic E-state index is 12.7. The van der Waals surface area contributed by atoms with E-state index in [0.29, 0.717) is 12.4 Å². The third-order valence-corrected chi connectivity index (χ3v) is 5.28. The summed E-state index contributed by atoms with van der Waals surface area (Å²) in [4.78, 5) is 17.4. The molecular formula is C18H20N4O2S. The van der Waals surface area contributed by atoms with Crippen LogP contribution in [-0.2, 0) is 4.79 Å². The number of benzene rings is 1. The van der Waals surface area contributed by atoms with Gasteiger partial charge in [-0.15, -0.1) is 5.10 Å². The molecule has 1 aliphatic heterocycles. The van der Waals surface area contributed by atoms with Crippen molar-refractivity contribution in [1.29, 1.82) is 0 Å². The van der Waals surface area contributed by atoms with Gasteiger partial charge < -0.3 is 10.1 Å². The molecule has 0 unspecified atom stereocenters. The van der Waals surface area contributed by atoms with Crippen molar-refractivity contribution in [2.45, 2.75) is 37.4 Å². The summed E-state index contributed by atoms with van der Waals surface area (Å²) in [6, 6.07) is 7.52. The Hall–Kier alpha value is -2.28. The maximum atomic E-state index is 12.7. The fraction of sp³-hybridized carbons (Fsp3) is 0.389. The SMILES string of the molecule is CCSc1nc2n(n1)[C@H](c1ccccc1OC)C1=C(CCCC1=O)N2. The van der Waals surface area contributed by atoms with Crippen molar-refractivity contribution in [3.8, 4) is 5.75 Å². The number of carbonyl (C=O) groups is 1. The molecule has 1 aliphatic carbocycles. The summed E-state index contributed by atoms with van der Waals surface area (Å²) >= 11 is 1.59. The molecule has 2 aliphatic rings. The Morgan fingerprint density at radius 3 is 3.00 bits per heavy atom. The van der Waals surface area contributed by atoms with Crippen LogP contribution in [0.25, 0.3) is 0 Å². The number of Topliss-reactive ketones (excluding diaryl/α,β-unsaturated/α-hetero) is 1. The molecule has 1 atom stereocenters. The van der Waals surface area contributed by atoms with Crippen LogP contribution in [-0.4, -0.2) is 33.4 Å². The van der Waals surface area contributed by atoms with Crippen molar-refractivity contribution < 1.29 is 9.53 Å². The number of ketones is 1. The van der Waals surface area contributed by atoms with Crippen molar-refractivity contribution in [2.75, 3.05) is 18.2 Å². The molecule has 0 amide bonds. The van der Waals surface area contributed by atoms with E-state index in [1.807, 2.05) is 28.9 Å². The Kier molecular flexibility index (Phi) is 4.25. The van der Waals surface area contributed by atoms with Gasteiger partial charge in [-0.1, -0.05) is 36.9 Å². The summed E-state index contributed by atoms with van der Waals surface area (Å²) < 4.78 is 7.39. The van der Waals surface area contributed by atoms with Crippen LogP contribution < -0.4 is 10.1 Å². The molecule has 0 radical (unpaired) electrons. The first-order valence-electron chi connectivity index (χ1n) is 8.48. The number of methoxy groups -OCH3 is 1. The molecule has 1 aromatic carbocycles. The summed E-state index contributed by atoms with van der Waals surface area (Å²) in [7, 11) is 1.65. The second-order valence-corrected chi connectivity index (χ2v) is 7.27. The normalized spacial score (nSPS) is 19.3. The van der Waals surface area contributed by atoms with Gasteiger partial charge in [0.25, 0.3) is 0 Å². The highest BCUT2D eigenvalue weighted by Crippen LogP contribution is 2.42. The summed E-state index contributed by atoms with van der Waals surface area (Å²) in [5, 5.41) is 8.72. The quantitative estimate of drug-likeness (QED) is 0.847. The fourth-order valence-electron chi connectivity index (χ4n) is 3.51. The van der Waals surface area contributed by atoms with E-state index < -0.39 is 0 Å². The first-order chi connectivity index (χ1) is 12.2. The van der Waals surface area contributed by atoms with Gasteiger partial charge in [-0.2, -0.15) is 4.98 Å². The first kappa shape index (κ1) is 16.2. The van der Waals surface area contributed by atoms with Gasteiger partial charge >= 0.3 is 0 Å². The van der Waals surface area contributed by atoms with E-state index in [-0.39, 0.29) is 11.8 Å². The molecule has 0 fully saturated rings. The predicted molar refractivity (Wildman–Crippen MR) is 97.1 cm³/mol. The summed E-state index contributed by atoms with van der Waals surface area (Å²) in [5.41, 5.74) is 2.70. The van der Waals surface area contributed by atoms with Gasteiger partial charge in [-0.3, -0.25) is 4.79 Å². The van der Waals surface area contributed by atoms with Gasteiger partial charge in [0.1, 0.15) is 11.8 Å². The van der Waals surface area contributed by atoms with E-state index in [9.17, 15) is 4.79 Å². The minimum absolute atomic E-state index is 0.176. The van der Waals surface area contributed by atoms with Crippen molar-refractivity contribution >= 4 is 23.5 Å². The molecule has 25 heavy (non-hydrogen) atoms. The Bertz CT molecular complexity index is 859. The smallest absolute Gasteiger partial charge is 0.227 e. The Balaban J connectivity index is 1.91. The van der Waals surface area contributed by atoms with Crippen LogP contribution in [0.3, 0.4) is 0 Å². The number of nitrogens with one attached hydrogen (secondary N) is 1. The predicted octanol–water partition coefficient (Wildman–Crippen LogP) is 3.42. The number of hydrogen-bond acceptors (Lipinski definition) is 6. The molecule has 1 aromatic heterocycles. The molecule has 0 bridgehead atoms. The van der Waals surface area contributed by atoms with Crippen LogP contribution in [0.1, 0.15) is 37.8 Å². The van der Waals surface area contributed by atoms with Gasteiger partial charge in [0.05, 0.1) is 7.11 Å². The maximum Gasteiger partial charge on any atom is 0.227 e. The lowest BCUT2D eigenvalue weighted by Gasteiger charge is -2.32. The van der Waals surface area contributed by atoms with Gasteiger partial charge in [-0.05, 0) is 24.7 Å². The van der Waals surface area contributed by atoms with Gasteiger partial charge in [-0.25, -0.2) is 4.68 Å². The molecule has 0 saturated carbocycles. The molecule has 6 nitrogen and oxygen atoms in total. The topological polar surface area (TPSA) is 69.0 Å². The standard InChI is InChI=1S/C18H20N4O2S/c1-3-25-18-20-17-19-12-8-6-9-13(23)15(12)16(22(17)21-18)11-7-4-5-10-14(11)24-2/h4-5,7,10,16H,3,6,8-9H2,1-2H3,(H,19,20,21)/t16-/m1/s1. The Morgan fingerprint density at radius 2 is 2.20 bits per heavy atom. The number of rotatable bonds is 4. The molecule has 4 rings (SSSR count). The molecule has 130 valence electrons. The highest BCUT2D eigenvalue weighted by Gasteiger charge is 2.37. The number of hydrogen-bond donors (Lipinski definition) is 1. The van der Waals surface area contributed by atoms with Crippen molar-refractivity contribution in [2.24, 2.45) is 0 Å². The molecule has 0 spiro atoms. The van der Waals surface area contributed by atoms with E-state index in [1.54, 1.807) is 18.9 Å². The van der Waals surface area contributed by atoms with E-state index in [1.165, 1.54) is 0 Å². The Labute approximate surface area is 150 Å². The number of carbonyl (C=O) groups excluding carboxylic acids is 1. The highest BCUT2D eigenvalue weighted by molar-refractivity contribution is 7.99. The third kappa shape index (κ3) is 2.72. The van der Waals surface area contributed by atoms with E-state index in [4.69, 9.17) is 4.74 Å². The molecular weight excluding hydrogens is 336 g/mol. The average molecular weight is 356 g/mol. The zero-order valence-corrected chi connectivity index (χ0v) is 15.1. The number of thioether (sulfide) groups is 1. The molecule has 2 aromatic rings. The second kappa shape index (κ2) is 6.55. The van der Waals surface area contributed by atoms with Crippen LogP contribution in [0.4, 0.5) is 5.95 Å². The van der Waals surface area contributed by atoms with Gasteiger partial charge in [0, 0.05) is 23.3 Å². The molecule has 1 N–H and O–H groups in total. The lowest BCUT2D eigenvalue weighted by Crippen LogP contribution is -2.31. The van der Waals surface area contributed by atoms with Gasteiger partial charge in [0.15, 0.2) is 5.78 Å². The van der Waals surface area contributed by atoms with Gasteiger partial charge in [0.2, 0.25) is 11.1 Å². The third-order valence-electron chi connectivity index (χ3n) is 4.56. The van der Waals surface area contributed by atoms with Crippen LogP contribution in [0.15, 0.2) is 40.7 Å². The van der Waals surface area contributed by atoms with E-state index >= 15 is 0 Å². The lowest BCUT2D eigenvalue weighted by molar-refractivity contribution is -0.116. The zero-order valence-electron chi connectivity index (χ0n) is 14.3. The van der Waals surface area contributed by atoms with Crippen LogP contribution >= 0.6 is 11.8 Å². The monoisotopic (exact) mass is 356 g/mol. The molecule has 2 heterocycles. The van der Waals surface area contributed by atoms with Crippen LogP contribution in [0.2, 0.25) is 0 Å². The zero-order chi connectivity index (χ0) is 17.4. The second-order valence-electron chi connectivity index (χ2n) is 6.03. The number of anilines is 1. The summed E-state index contributed by atoms with van der Waals surface area (Å²) in [6.45, 7) is 2.07. The number of allylic oxidation sites excluding steroid dienone is 2. The minimum Gasteiger partial charge on any atom is -0.496 e. The minimum atomic E-state index is -0.297. The number of aromatic nitrogens is 3. The lowest BCUT2D eigenvalue weighted by atomic mass is 9.85. The van der Waals surface area contributed by atoms with Crippen molar-refractivity contribution in [3.05, 3.63) is 41.1 Å². The molecule has 0 saturated heterocycles. The highest BCUT2D eigenvalue weighted by atomic mass is 32.2. The van der Waals surface area contributed by atoms with Crippen molar-refractivity contribution in [1.82, 2.24) is 14.8 Å². The number of para-hydroxylation sites is 1. The Morgan fingerprint density at radius 1 is 1.36 bits per heavy atom. The number of fused-ring (bicyclic) bond motifs is 1. The van der Waals surface area contributed by atoms with E-state index in [0.717, 1.165) is 46.3 Å². The summed E-state index contributed by atoms with van der Waals surface area (Å²) in [6.07, 6.45) is 2.30. The average Bonchev–Trinajstić information content (AvgIpc) is 3.02.